The van der Waals surface area contributed by atoms with Gasteiger partial charge in [-0.3, -0.25) is 9.59 Å². The zero-order valence-corrected chi connectivity index (χ0v) is 13.1. The molecular weight excluding hydrogens is 242 g/mol. The molecule has 0 saturated heterocycles. The average Bonchev–Trinajstić information content (AvgIpc) is 2.35. The predicted molar refractivity (Wildman–Crippen MR) is 76.9 cm³/mol. The van der Waals surface area contributed by atoms with Crippen molar-refractivity contribution >= 4 is 11.9 Å². The summed E-state index contributed by atoms with van der Waals surface area (Å²) in [6, 6.07) is 0.207. The molecule has 0 fully saturated rings. The number of hydrogen-bond donors (Lipinski definition) is 1. The number of carboxylic acids is 1. The lowest BCUT2D eigenvalue weighted by Gasteiger charge is -2.35. The number of hydrogen-bond acceptors (Lipinski definition) is 2. The van der Waals surface area contributed by atoms with E-state index in [-0.39, 0.29) is 11.9 Å². The summed E-state index contributed by atoms with van der Waals surface area (Å²) in [5, 5.41) is 9.05. The fourth-order valence-corrected chi connectivity index (χ4v) is 2.23. The first-order chi connectivity index (χ1) is 8.76. The third-order valence-corrected chi connectivity index (χ3v) is 3.76. The highest BCUT2D eigenvalue weighted by atomic mass is 16.4. The van der Waals surface area contributed by atoms with E-state index >= 15 is 0 Å². The zero-order chi connectivity index (χ0) is 15.2. The lowest BCUT2D eigenvalue weighted by Crippen LogP contribution is -2.46. The molecule has 0 aliphatic carbocycles. The van der Waals surface area contributed by atoms with E-state index in [0.717, 1.165) is 12.8 Å². The fourth-order valence-electron chi connectivity index (χ4n) is 2.23. The first-order valence-corrected chi connectivity index (χ1v) is 7.29. The van der Waals surface area contributed by atoms with Gasteiger partial charge in [0.15, 0.2) is 0 Å². The van der Waals surface area contributed by atoms with Crippen molar-refractivity contribution in [3.05, 3.63) is 0 Å². The van der Waals surface area contributed by atoms with Crippen LogP contribution in [0.3, 0.4) is 0 Å². The third kappa shape index (κ3) is 5.21. The molecule has 0 aliphatic rings. The average molecular weight is 271 g/mol. The molecule has 2 unspecified atom stereocenters. The number of rotatable bonds is 8. The molecule has 0 spiro atoms. The molecule has 0 aromatic carbocycles. The van der Waals surface area contributed by atoms with Crippen LogP contribution in [0.25, 0.3) is 0 Å². The highest BCUT2D eigenvalue weighted by Crippen LogP contribution is 2.20. The van der Waals surface area contributed by atoms with Gasteiger partial charge >= 0.3 is 5.97 Å². The molecule has 0 rings (SSSR count). The predicted octanol–water partition coefficient (Wildman–Crippen LogP) is 3.02. The third-order valence-electron chi connectivity index (χ3n) is 3.76. The monoisotopic (exact) mass is 271 g/mol. The first kappa shape index (κ1) is 17.9. The molecule has 0 aromatic rings. The van der Waals surface area contributed by atoms with E-state index in [1.807, 2.05) is 4.90 Å². The minimum Gasteiger partial charge on any atom is -0.481 e. The summed E-state index contributed by atoms with van der Waals surface area (Å²) in [4.78, 5) is 25.5. The van der Waals surface area contributed by atoms with Crippen LogP contribution in [0.4, 0.5) is 0 Å². The zero-order valence-electron chi connectivity index (χ0n) is 13.1. The Balaban J connectivity index is 5.03. The van der Waals surface area contributed by atoms with Crippen LogP contribution in [-0.4, -0.2) is 34.5 Å². The number of carbonyl (C=O) groups excluding carboxylic acids is 1. The summed E-state index contributed by atoms with van der Waals surface area (Å²) >= 11 is 0. The summed E-state index contributed by atoms with van der Waals surface area (Å²) in [5.74, 6) is -1.67. The van der Waals surface area contributed by atoms with Crippen LogP contribution in [0.2, 0.25) is 0 Å². The van der Waals surface area contributed by atoms with Crippen LogP contribution in [-0.2, 0) is 9.59 Å². The Bertz CT molecular complexity index is 298. The highest BCUT2D eigenvalue weighted by Gasteiger charge is 2.32. The van der Waals surface area contributed by atoms with Crippen molar-refractivity contribution in [1.82, 2.24) is 4.90 Å². The van der Waals surface area contributed by atoms with Crippen LogP contribution in [0, 0.1) is 17.8 Å². The Morgan fingerprint density at radius 3 is 1.79 bits per heavy atom. The molecule has 4 nitrogen and oxygen atoms in total. The van der Waals surface area contributed by atoms with E-state index < -0.39 is 17.8 Å². The van der Waals surface area contributed by atoms with Gasteiger partial charge < -0.3 is 10.0 Å². The van der Waals surface area contributed by atoms with Crippen LogP contribution in [0.5, 0.6) is 0 Å². The number of aliphatic carboxylic acids is 1. The summed E-state index contributed by atoms with van der Waals surface area (Å²) < 4.78 is 0. The second kappa shape index (κ2) is 8.18. The van der Waals surface area contributed by atoms with Gasteiger partial charge in [0.1, 0.15) is 0 Å². The van der Waals surface area contributed by atoms with Gasteiger partial charge in [0.2, 0.25) is 5.91 Å². The van der Waals surface area contributed by atoms with E-state index in [9.17, 15) is 9.59 Å². The molecule has 0 heterocycles. The molecule has 19 heavy (non-hydrogen) atoms. The molecule has 0 saturated carbocycles. The molecule has 112 valence electrons. The van der Waals surface area contributed by atoms with Crippen LogP contribution < -0.4 is 0 Å². The lowest BCUT2D eigenvalue weighted by atomic mass is 9.93. The Kier molecular flexibility index (Phi) is 7.72. The van der Waals surface area contributed by atoms with Crippen molar-refractivity contribution in [1.29, 1.82) is 0 Å². The maximum absolute atomic E-state index is 12.5. The number of carboxylic acid groups (broad SMARTS) is 1. The molecule has 0 bridgehead atoms. The number of amides is 1. The fraction of sp³-hybridized carbons (Fsp3) is 0.867. The van der Waals surface area contributed by atoms with Crippen molar-refractivity contribution in [3.63, 3.8) is 0 Å². The van der Waals surface area contributed by atoms with Gasteiger partial charge in [-0.1, -0.05) is 41.5 Å². The van der Waals surface area contributed by atoms with E-state index in [4.69, 9.17) is 5.11 Å². The van der Waals surface area contributed by atoms with E-state index in [1.54, 1.807) is 13.8 Å². The van der Waals surface area contributed by atoms with Gasteiger partial charge in [0.05, 0.1) is 5.92 Å². The topological polar surface area (TPSA) is 57.6 Å². The molecule has 0 aromatic heterocycles. The van der Waals surface area contributed by atoms with Crippen LogP contribution in [0.15, 0.2) is 0 Å². The summed E-state index contributed by atoms with van der Waals surface area (Å²) in [7, 11) is 0. The van der Waals surface area contributed by atoms with Crippen LogP contribution >= 0.6 is 0 Å². The lowest BCUT2D eigenvalue weighted by molar-refractivity contribution is -0.150. The Labute approximate surface area is 117 Å². The van der Waals surface area contributed by atoms with Gasteiger partial charge in [-0.15, -0.1) is 0 Å². The van der Waals surface area contributed by atoms with E-state index in [0.29, 0.717) is 12.5 Å². The van der Waals surface area contributed by atoms with Crippen molar-refractivity contribution in [2.24, 2.45) is 17.8 Å². The van der Waals surface area contributed by atoms with Crippen molar-refractivity contribution in [2.75, 3.05) is 6.54 Å². The molecule has 1 amide bonds. The van der Waals surface area contributed by atoms with Gasteiger partial charge in [-0.05, 0) is 18.8 Å². The highest BCUT2D eigenvalue weighted by molar-refractivity contribution is 5.84. The molecule has 0 aliphatic heterocycles. The SMILES string of the molecule is CCC(CC)N(CC(C)C)C(=O)C(C)C(C)C(=O)O. The van der Waals surface area contributed by atoms with Gasteiger partial charge in [-0.2, -0.15) is 0 Å². The summed E-state index contributed by atoms with van der Waals surface area (Å²) in [5.41, 5.74) is 0. The number of nitrogens with zero attached hydrogens (tertiary/aromatic N) is 1. The second-order valence-corrected chi connectivity index (χ2v) is 5.77. The van der Waals surface area contributed by atoms with E-state index in [1.165, 1.54) is 0 Å². The van der Waals surface area contributed by atoms with Crippen molar-refractivity contribution in [2.45, 2.75) is 60.4 Å². The molecule has 0 radical (unpaired) electrons. The van der Waals surface area contributed by atoms with Gasteiger partial charge in [-0.25, -0.2) is 0 Å². The minimum absolute atomic E-state index is 0.0303. The second-order valence-electron chi connectivity index (χ2n) is 5.77. The summed E-state index contributed by atoms with van der Waals surface area (Å²) in [6.07, 6.45) is 1.81. The quantitative estimate of drug-likeness (QED) is 0.738. The van der Waals surface area contributed by atoms with Gasteiger partial charge in [0, 0.05) is 18.5 Å². The molecule has 1 N–H and O–H groups in total. The maximum atomic E-state index is 12.5. The number of carbonyl (C=O) groups is 2. The largest absolute Gasteiger partial charge is 0.481 e. The Morgan fingerprint density at radius 1 is 1.00 bits per heavy atom. The van der Waals surface area contributed by atoms with Crippen LogP contribution in [0.1, 0.15) is 54.4 Å². The minimum atomic E-state index is -0.908. The normalized spacial score (nSPS) is 14.5. The summed E-state index contributed by atoms with van der Waals surface area (Å²) in [6.45, 7) is 12.3. The maximum Gasteiger partial charge on any atom is 0.307 e. The molecular formula is C15H29NO3. The van der Waals surface area contributed by atoms with Crippen molar-refractivity contribution < 1.29 is 14.7 Å². The Hall–Kier alpha value is -1.06. The molecule has 2 atom stereocenters. The standard InChI is InChI=1S/C15H29NO3/c1-7-13(8-2)16(9-10(3)4)14(17)11(5)12(6)15(18)19/h10-13H,7-9H2,1-6H3,(H,18,19). The molecule has 4 heteroatoms. The first-order valence-electron chi connectivity index (χ1n) is 7.29. The Morgan fingerprint density at radius 2 is 1.47 bits per heavy atom. The van der Waals surface area contributed by atoms with Gasteiger partial charge in [0.25, 0.3) is 0 Å². The smallest absolute Gasteiger partial charge is 0.307 e. The van der Waals surface area contributed by atoms with Crippen molar-refractivity contribution in [3.8, 4) is 0 Å². The van der Waals surface area contributed by atoms with E-state index in [2.05, 4.69) is 27.7 Å².